The van der Waals surface area contributed by atoms with E-state index in [4.69, 9.17) is 11.5 Å². The predicted molar refractivity (Wildman–Crippen MR) is 68.4 cm³/mol. The zero-order valence-corrected chi connectivity index (χ0v) is 10.1. The van der Waals surface area contributed by atoms with Gasteiger partial charge in [0.2, 0.25) is 5.96 Å². The summed E-state index contributed by atoms with van der Waals surface area (Å²) < 4.78 is 13.2. The molecule has 4 N–H and O–H groups in total. The largest absolute Gasteiger partial charge is 0.369 e. The van der Waals surface area contributed by atoms with E-state index >= 15 is 0 Å². The van der Waals surface area contributed by atoms with E-state index < -0.39 is 10.7 Å². The normalized spacial score (nSPS) is 9.89. The first-order chi connectivity index (χ1) is 7.93. The van der Waals surface area contributed by atoms with Crippen LogP contribution in [0.3, 0.4) is 0 Å². The number of guanidine groups is 1. The van der Waals surface area contributed by atoms with Gasteiger partial charge in [-0.2, -0.15) is 5.10 Å². The Labute approximate surface area is 108 Å². The van der Waals surface area contributed by atoms with Crippen LogP contribution < -0.4 is 11.5 Å². The van der Waals surface area contributed by atoms with Crippen LogP contribution in [-0.4, -0.2) is 17.1 Å². The molecule has 0 saturated heterocycles. The molecule has 0 bridgehead atoms. The van der Waals surface area contributed by atoms with Gasteiger partial charge in [-0.05, 0) is 13.0 Å². The molecule has 0 aromatic heterocycles. The van der Waals surface area contributed by atoms with E-state index in [-0.39, 0.29) is 35.2 Å². The Bertz CT molecular complexity index is 514. The van der Waals surface area contributed by atoms with Crippen LogP contribution in [0.15, 0.2) is 22.3 Å². The van der Waals surface area contributed by atoms with E-state index in [0.29, 0.717) is 0 Å². The zero-order chi connectivity index (χ0) is 13.0. The summed E-state index contributed by atoms with van der Waals surface area (Å²) in [6, 6.07) is 2.07. The van der Waals surface area contributed by atoms with Gasteiger partial charge in [-0.3, -0.25) is 10.1 Å². The third kappa shape index (κ3) is 3.67. The third-order valence-corrected chi connectivity index (χ3v) is 1.98. The van der Waals surface area contributed by atoms with Crippen molar-refractivity contribution in [3.8, 4) is 0 Å². The third-order valence-electron chi connectivity index (χ3n) is 1.98. The highest BCUT2D eigenvalue weighted by Gasteiger charge is 2.16. The molecule has 1 aromatic rings. The molecule has 0 saturated carbocycles. The molecule has 7 nitrogen and oxygen atoms in total. The van der Waals surface area contributed by atoms with Gasteiger partial charge in [-0.25, -0.2) is 4.39 Å². The molecule has 0 spiro atoms. The van der Waals surface area contributed by atoms with E-state index in [9.17, 15) is 14.5 Å². The van der Waals surface area contributed by atoms with Gasteiger partial charge >= 0.3 is 0 Å². The van der Waals surface area contributed by atoms with Gasteiger partial charge in [-0.15, -0.1) is 17.5 Å². The summed E-state index contributed by atoms with van der Waals surface area (Å²) in [4.78, 5) is 10.1. The van der Waals surface area contributed by atoms with Crippen LogP contribution in [0.5, 0.6) is 0 Å². The molecule has 0 atom stereocenters. The molecule has 0 aliphatic rings. The Morgan fingerprint density at radius 1 is 1.50 bits per heavy atom. The second-order valence-electron chi connectivity index (χ2n) is 3.13. The molecule has 0 fully saturated rings. The fourth-order valence-corrected chi connectivity index (χ4v) is 1.16. The van der Waals surface area contributed by atoms with Crippen molar-refractivity contribution >= 4 is 30.3 Å². The van der Waals surface area contributed by atoms with Crippen LogP contribution >= 0.6 is 12.4 Å². The van der Waals surface area contributed by atoms with Crippen molar-refractivity contribution in [2.45, 2.75) is 6.92 Å². The van der Waals surface area contributed by atoms with Crippen LogP contribution in [0, 0.1) is 22.9 Å². The summed E-state index contributed by atoms with van der Waals surface area (Å²) in [5.74, 6) is -0.861. The number of hydrogen-bond donors (Lipinski definition) is 2. The molecule has 18 heavy (non-hydrogen) atoms. The lowest BCUT2D eigenvalue weighted by molar-refractivity contribution is -0.385. The average Bonchev–Trinajstić information content (AvgIpc) is 2.23. The predicted octanol–water partition coefficient (Wildman–Crippen LogP) is 1.07. The number of nitro benzene ring substituents is 1. The molecule has 9 heteroatoms. The van der Waals surface area contributed by atoms with Gasteiger partial charge in [0.15, 0.2) is 0 Å². The Morgan fingerprint density at radius 3 is 2.61 bits per heavy atom. The van der Waals surface area contributed by atoms with Crippen molar-refractivity contribution in [2.24, 2.45) is 21.7 Å². The average molecular weight is 276 g/mol. The molecule has 98 valence electrons. The molecule has 0 aliphatic heterocycles. The van der Waals surface area contributed by atoms with Crippen molar-refractivity contribution in [3.63, 3.8) is 0 Å². The van der Waals surface area contributed by atoms with E-state index in [1.54, 1.807) is 0 Å². The number of nitro groups is 1. The first kappa shape index (κ1) is 15.8. The smallest absolute Gasteiger partial charge is 0.278 e. The molecule has 0 heterocycles. The highest BCUT2D eigenvalue weighted by atomic mass is 35.5. The molecular weight excluding hydrogens is 265 g/mol. The summed E-state index contributed by atoms with van der Waals surface area (Å²) >= 11 is 0. The van der Waals surface area contributed by atoms with Gasteiger partial charge in [-0.1, -0.05) is 0 Å². The Balaban J connectivity index is 0.00000289. The maximum absolute atomic E-state index is 13.2. The van der Waals surface area contributed by atoms with E-state index in [2.05, 4.69) is 10.2 Å². The van der Waals surface area contributed by atoms with Crippen LogP contribution in [0.25, 0.3) is 0 Å². The number of nitrogens with zero attached hydrogens (tertiary/aromatic N) is 3. The van der Waals surface area contributed by atoms with Crippen molar-refractivity contribution in [3.05, 3.63) is 39.2 Å². The second-order valence-corrected chi connectivity index (χ2v) is 3.13. The van der Waals surface area contributed by atoms with Crippen LogP contribution in [0.4, 0.5) is 10.1 Å². The fourth-order valence-electron chi connectivity index (χ4n) is 1.16. The van der Waals surface area contributed by atoms with Crippen molar-refractivity contribution in [1.82, 2.24) is 0 Å². The summed E-state index contributed by atoms with van der Waals surface area (Å²) in [6.45, 7) is 1.40. The first-order valence-electron chi connectivity index (χ1n) is 4.49. The number of benzene rings is 1. The van der Waals surface area contributed by atoms with E-state index in [0.717, 1.165) is 18.3 Å². The Kier molecular flexibility index (Phi) is 5.70. The lowest BCUT2D eigenvalue weighted by atomic mass is 10.1. The lowest BCUT2D eigenvalue weighted by Crippen LogP contribution is -2.21. The fraction of sp³-hybridized carbons (Fsp3) is 0.111. The van der Waals surface area contributed by atoms with E-state index in [1.165, 1.54) is 6.92 Å². The maximum atomic E-state index is 13.2. The highest BCUT2D eigenvalue weighted by Crippen LogP contribution is 2.22. The van der Waals surface area contributed by atoms with Gasteiger partial charge in [0, 0.05) is 11.6 Å². The minimum absolute atomic E-state index is 0. The quantitative estimate of drug-likeness (QED) is 0.371. The molecule has 0 amide bonds. The number of hydrogen-bond acceptors (Lipinski definition) is 4. The van der Waals surface area contributed by atoms with Crippen LogP contribution in [-0.2, 0) is 0 Å². The molecule has 1 aromatic carbocycles. The Morgan fingerprint density at radius 2 is 2.11 bits per heavy atom. The second kappa shape index (κ2) is 6.50. The molecule has 0 aliphatic carbocycles. The number of nitrogens with two attached hydrogens (primary N) is 2. The standard InChI is InChI=1S/C9H10FN5O2.ClH/c1-5-6(4-13-14-9(11)12)8(15(16)17)3-2-7(5)10;/h2-4H,1H3,(H4,11,12,14);1H/b13-4+;. The van der Waals surface area contributed by atoms with Gasteiger partial charge < -0.3 is 11.5 Å². The highest BCUT2D eigenvalue weighted by molar-refractivity contribution is 5.88. The lowest BCUT2D eigenvalue weighted by Gasteiger charge is -2.02. The van der Waals surface area contributed by atoms with Gasteiger partial charge in [0.05, 0.1) is 16.7 Å². The minimum atomic E-state index is -0.636. The monoisotopic (exact) mass is 275 g/mol. The van der Waals surface area contributed by atoms with Crippen LogP contribution in [0.2, 0.25) is 0 Å². The van der Waals surface area contributed by atoms with Gasteiger partial charge in [0.25, 0.3) is 5.69 Å². The summed E-state index contributed by atoms with van der Waals surface area (Å²) in [5, 5.41) is 17.4. The topological polar surface area (TPSA) is 120 Å². The zero-order valence-electron chi connectivity index (χ0n) is 9.33. The summed E-state index contributed by atoms with van der Waals surface area (Å²) in [5.41, 5.74) is 9.92. The van der Waals surface area contributed by atoms with E-state index in [1.807, 2.05) is 0 Å². The first-order valence-corrected chi connectivity index (χ1v) is 4.49. The van der Waals surface area contributed by atoms with Crippen molar-refractivity contribution in [2.75, 3.05) is 0 Å². The molecule has 1 rings (SSSR count). The molecular formula is C9H11ClFN5O2. The summed E-state index contributed by atoms with van der Waals surface area (Å²) in [7, 11) is 0. The SMILES string of the molecule is Cc1c(F)ccc([N+](=O)[O-])c1/C=N/N=C(N)N.Cl. The van der Waals surface area contributed by atoms with Gasteiger partial charge in [0.1, 0.15) is 5.82 Å². The molecule has 0 radical (unpaired) electrons. The maximum Gasteiger partial charge on any atom is 0.278 e. The van der Waals surface area contributed by atoms with Crippen molar-refractivity contribution in [1.29, 1.82) is 0 Å². The van der Waals surface area contributed by atoms with Crippen LogP contribution in [0.1, 0.15) is 11.1 Å². The summed E-state index contributed by atoms with van der Waals surface area (Å²) in [6.07, 6.45) is 1.04. The number of halogens is 2. The number of rotatable bonds is 3. The minimum Gasteiger partial charge on any atom is -0.369 e. The molecule has 0 unspecified atom stereocenters. The van der Waals surface area contributed by atoms with Crippen molar-refractivity contribution < 1.29 is 9.31 Å². The Hall–Kier alpha value is -2.22.